The van der Waals surface area contributed by atoms with Gasteiger partial charge in [-0.25, -0.2) is 4.79 Å². The van der Waals surface area contributed by atoms with Crippen molar-refractivity contribution in [3.05, 3.63) is 0 Å². The van der Waals surface area contributed by atoms with Gasteiger partial charge in [-0.1, -0.05) is 0 Å². The first-order chi connectivity index (χ1) is 9.33. The van der Waals surface area contributed by atoms with Gasteiger partial charge in [0.1, 0.15) is 0 Å². The van der Waals surface area contributed by atoms with Gasteiger partial charge in [-0.3, -0.25) is 4.90 Å². The van der Waals surface area contributed by atoms with Gasteiger partial charge in [0, 0.05) is 45.3 Å². The summed E-state index contributed by atoms with van der Waals surface area (Å²) in [5.74, 6) is 0. The van der Waals surface area contributed by atoms with E-state index in [1.807, 2.05) is 4.90 Å². The van der Waals surface area contributed by atoms with E-state index in [1.165, 1.54) is 19.4 Å². The maximum atomic E-state index is 11.4. The van der Waals surface area contributed by atoms with Gasteiger partial charge in [-0.05, 0) is 19.4 Å². The van der Waals surface area contributed by atoms with Crippen molar-refractivity contribution < 1.29 is 9.53 Å². The lowest BCUT2D eigenvalue weighted by Crippen LogP contribution is -2.50. The predicted octanol–water partition coefficient (Wildman–Crippen LogP) is -0.536. The van der Waals surface area contributed by atoms with Crippen LogP contribution in [0.15, 0.2) is 0 Å². The number of amides is 2. The molecule has 3 fully saturated rings. The lowest BCUT2D eigenvalue weighted by Gasteiger charge is -2.35. The van der Waals surface area contributed by atoms with Crippen LogP contribution in [-0.2, 0) is 4.74 Å². The number of morpholine rings is 1. The van der Waals surface area contributed by atoms with E-state index in [2.05, 4.69) is 15.5 Å². The third-order valence-corrected chi connectivity index (χ3v) is 4.34. The van der Waals surface area contributed by atoms with Crippen LogP contribution in [0.25, 0.3) is 0 Å². The van der Waals surface area contributed by atoms with Gasteiger partial charge in [0.15, 0.2) is 0 Å². The van der Waals surface area contributed by atoms with Gasteiger partial charge >= 0.3 is 6.03 Å². The second-order valence-corrected chi connectivity index (χ2v) is 5.67. The molecule has 0 radical (unpaired) electrons. The third kappa shape index (κ3) is 3.19. The summed E-state index contributed by atoms with van der Waals surface area (Å²) in [5, 5.41) is 6.22. The molecule has 3 rings (SSSR count). The molecule has 6 heteroatoms. The highest BCUT2D eigenvalue weighted by atomic mass is 16.5. The number of nitrogens with zero attached hydrogens (tertiary/aromatic N) is 2. The van der Waals surface area contributed by atoms with Crippen LogP contribution in [0.4, 0.5) is 4.79 Å². The zero-order chi connectivity index (χ0) is 13.1. The first-order valence-electron chi connectivity index (χ1n) is 7.42. The van der Waals surface area contributed by atoms with Crippen LogP contribution < -0.4 is 10.6 Å². The van der Waals surface area contributed by atoms with Crippen molar-refractivity contribution in [1.82, 2.24) is 20.4 Å². The van der Waals surface area contributed by atoms with Gasteiger partial charge < -0.3 is 20.3 Å². The number of fused-ring (bicyclic) bond motifs is 1. The topological polar surface area (TPSA) is 56.8 Å². The Bertz CT molecular complexity index is 326. The van der Waals surface area contributed by atoms with E-state index in [0.717, 1.165) is 45.9 Å². The Hall–Kier alpha value is -0.850. The molecule has 0 saturated carbocycles. The van der Waals surface area contributed by atoms with Crippen LogP contribution in [0.2, 0.25) is 0 Å². The average Bonchev–Trinajstić information content (AvgIpc) is 3.03. The highest BCUT2D eigenvalue weighted by molar-refractivity contribution is 5.76. The summed E-state index contributed by atoms with van der Waals surface area (Å²) in [6, 6.07) is 0.736. The molecule has 19 heavy (non-hydrogen) atoms. The molecule has 3 heterocycles. The fourth-order valence-corrected chi connectivity index (χ4v) is 3.21. The summed E-state index contributed by atoms with van der Waals surface area (Å²) in [7, 11) is 0. The summed E-state index contributed by atoms with van der Waals surface area (Å²) in [4.78, 5) is 15.8. The Labute approximate surface area is 114 Å². The molecule has 108 valence electrons. The highest BCUT2D eigenvalue weighted by Crippen LogP contribution is 2.22. The van der Waals surface area contributed by atoms with Crippen molar-refractivity contribution in [3.8, 4) is 0 Å². The Balaban J connectivity index is 1.31. The molecule has 0 aromatic carbocycles. The molecule has 0 aromatic heterocycles. The van der Waals surface area contributed by atoms with Crippen molar-refractivity contribution in [2.75, 3.05) is 52.4 Å². The maximum Gasteiger partial charge on any atom is 0.317 e. The van der Waals surface area contributed by atoms with Crippen LogP contribution in [-0.4, -0.2) is 80.4 Å². The van der Waals surface area contributed by atoms with Gasteiger partial charge in [-0.2, -0.15) is 0 Å². The first kappa shape index (κ1) is 13.1. The standard InChI is InChI=1S/C13H24N4O2/c18-13-15-4-7-16(13)6-3-14-8-12-9-17-5-1-2-11(17)10-19-12/h11-12,14H,1-10H2,(H,15,18). The van der Waals surface area contributed by atoms with Gasteiger partial charge in [0.25, 0.3) is 0 Å². The number of nitrogens with one attached hydrogen (secondary N) is 2. The van der Waals surface area contributed by atoms with E-state index in [9.17, 15) is 4.79 Å². The van der Waals surface area contributed by atoms with Crippen LogP contribution in [0.5, 0.6) is 0 Å². The largest absolute Gasteiger partial charge is 0.374 e. The molecular weight excluding hydrogens is 244 g/mol. The van der Waals surface area contributed by atoms with E-state index < -0.39 is 0 Å². The molecule has 0 aliphatic carbocycles. The Morgan fingerprint density at radius 3 is 3.21 bits per heavy atom. The number of urea groups is 1. The predicted molar refractivity (Wildman–Crippen MR) is 72.2 cm³/mol. The molecule has 0 aromatic rings. The molecule has 3 aliphatic heterocycles. The number of carbonyl (C=O) groups is 1. The molecule has 2 N–H and O–H groups in total. The van der Waals surface area contributed by atoms with E-state index in [0.29, 0.717) is 12.1 Å². The van der Waals surface area contributed by atoms with Crippen molar-refractivity contribution in [2.45, 2.75) is 25.0 Å². The Morgan fingerprint density at radius 1 is 1.42 bits per heavy atom. The van der Waals surface area contributed by atoms with Gasteiger partial charge in [0.05, 0.1) is 12.7 Å². The quantitative estimate of drug-likeness (QED) is 0.658. The van der Waals surface area contributed by atoms with Crippen LogP contribution >= 0.6 is 0 Å². The normalized spacial score (nSPS) is 31.6. The van der Waals surface area contributed by atoms with Gasteiger partial charge in [0.2, 0.25) is 0 Å². The minimum Gasteiger partial charge on any atom is -0.374 e. The zero-order valence-electron chi connectivity index (χ0n) is 11.4. The number of carbonyl (C=O) groups excluding carboxylic acids is 1. The van der Waals surface area contributed by atoms with E-state index in [1.54, 1.807) is 0 Å². The molecule has 2 amide bonds. The minimum absolute atomic E-state index is 0.0654. The second kappa shape index (κ2) is 6.07. The lowest BCUT2D eigenvalue weighted by atomic mass is 10.2. The monoisotopic (exact) mass is 268 g/mol. The van der Waals surface area contributed by atoms with Crippen LogP contribution in [0.1, 0.15) is 12.8 Å². The summed E-state index contributed by atoms with van der Waals surface area (Å²) in [5.41, 5.74) is 0. The van der Waals surface area contributed by atoms with Crippen LogP contribution in [0.3, 0.4) is 0 Å². The van der Waals surface area contributed by atoms with Crippen molar-refractivity contribution in [2.24, 2.45) is 0 Å². The molecule has 6 nitrogen and oxygen atoms in total. The molecule has 0 bridgehead atoms. The van der Waals surface area contributed by atoms with Gasteiger partial charge in [-0.15, -0.1) is 0 Å². The summed E-state index contributed by atoms with van der Waals surface area (Å²) >= 11 is 0. The molecular formula is C13H24N4O2. The second-order valence-electron chi connectivity index (χ2n) is 5.67. The molecule has 2 atom stereocenters. The van der Waals surface area contributed by atoms with Crippen LogP contribution in [0, 0.1) is 0 Å². The van der Waals surface area contributed by atoms with Crippen molar-refractivity contribution in [3.63, 3.8) is 0 Å². The average molecular weight is 268 g/mol. The van der Waals surface area contributed by atoms with E-state index >= 15 is 0 Å². The molecule has 2 unspecified atom stereocenters. The highest BCUT2D eigenvalue weighted by Gasteiger charge is 2.31. The fourth-order valence-electron chi connectivity index (χ4n) is 3.21. The molecule has 0 spiro atoms. The summed E-state index contributed by atoms with van der Waals surface area (Å²) in [6.45, 7) is 7.30. The minimum atomic E-state index is 0.0654. The van der Waals surface area contributed by atoms with E-state index in [4.69, 9.17) is 4.74 Å². The summed E-state index contributed by atoms with van der Waals surface area (Å²) in [6.07, 6.45) is 2.92. The van der Waals surface area contributed by atoms with E-state index in [-0.39, 0.29) is 6.03 Å². The Kier molecular flexibility index (Phi) is 4.20. The first-order valence-corrected chi connectivity index (χ1v) is 7.42. The maximum absolute atomic E-state index is 11.4. The molecule has 3 aliphatic rings. The zero-order valence-corrected chi connectivity index (χ0v) is 11.4. The number of rotatable bonds is 5. The third-order valence-electron chi connectivity index (χ3n) is 4.34. The molecule has 3 saturated heterocycles. The summed E-state index contributed by atoms with van der Waals surface area (Å²) < 4.78 is 5.89. The lowest BCUT2D eigenvalue weighted by molar-refractivity contribution is -0.0469. The Morgan fingerprint density at radius 2 is 2.37 bits per heavy atom. The number of hydrogen-bond donors (Lipinski definition) is 2. The smallest absolute Gasteiger partial charge is 0.317 e. The SMILES string of the molecule is O=C1NCCN1CCNCC1CN2CCCC2CO1. The number of hydrogen-bond acceptors (Lipinski definition) is 4. The van der Waals surface area contributed by atoms with Crippen molar-refractivity contribution in [1.29, 1.82) is 0 Å². The fraction of sp³-hybridized carbons (Fsp3) is 0.923. The number of ether oxygens (including phenoxy) is 1. The van der Waals surface area contributed by atoms with Crippen molar-refractivity contribution >= 4 is 6.03 Å².